The van der Waals surface area contributed by atoms with Crippen molar-refractivity contribution in [1.29, 1.82) is 0 Å². The van der Waals surface area contributed by atoms with E-state index in [1.165, 1.54) is 0 Å². The summed E-state index contributed by atoms with van der Waals surface area (Å²) in [5.74, 6) is 1.35. The Hall–Kier alpha value is -2.86. The molecular formula is C20H22N4O2. The number of aryl methyl sites for hydroxylation is 2. The van der Waals surface area contributed by atoms with Crippen molar-refractivity contribution in [3.63, 3.8) is 0 Å². The van der Waals surface area contributed by atoms with Crippen molar-refractivity contribution in [1.82, 2.24) is 19.8 Å². The molecule has 0 saturated carbocycles. The van der Waals surface area contributed by atoms with Gasteiger partial charge in [-0.3, -0.25) is 4.79 Å². The van der Waals surface area contributed by atoms with Crippen LogP contribution in [-0.4, -0.2) is 46.5 Å². The summed E-state index contributed by atoms with van der Waals surface area (Å²) in [6.45, 7) is 5.18. The van der Waals surface area contributed by atoms with Crippen molar-refractivity contribution in [3.05, 3.63) is 53.9 Å². The van der Waals surface area contributed by atoms with Crippen LogP contribution in [0.1, 0.15) is 16.1 Å². The summed E-state index contributed by atoms with van der Waals surface area (Å²) in [5.41, 5.74) is 2.81. The molecule has 1 N–H and O–H groups in total. The normalized spacial score (nSPS) is 14.6. The molecule has 6 heteroatoms. The molecule has 0 radical (unpaired) electrons. The number of hydrogen-bond acceptors (Lipinski definition) is 4. The third-order valence-electron chi connectivity index (χ3n) is 4.75. The van der Waals surface area contributed by atoms with Gasteiger partial charge in [0.25, 0.3) is 5.91 Å². The van der Waals surface area contributed by atoms with Gasteiger partial charge >= 0.3 is 0 Å². The Morgan fingerprint density at radius 3 is 2.73 bits per heavy atom. The number of pyridine rings is 1. The monoisotopic (exact) mass is 350 g/mol. The highest BCUT2D eigenvalue weighted by atomic mass is 16.5. The van der Waals surface area contributed by atoms with Gasteiger partial charge in [-0.15, -0.1) is 0 Å². The minimum Gasteiger partial charge on any atom is -0.439 e. The van der Waals surface area contributed by atoms with E-state index in [2.05, 4.69) is 10.3 Å². The van der Waals surface area contributed by atoms with Crippen LogP contribution in [0.25, 0.3) is 10.9 Å². The van der Waals surface area contributed by atoms with Crippen LogP contribution in [0, 0.1) is 6.92 Å². The summed E-state index contributed by atoms with van der Waals surface area (Å²) in [5, 5.41) is 4.26. The Labute approximate surface area is 152 Å². The zero-order valence-electron chi connectivity index (χ0n) is 15.0. The molecular weight excluding hydrogens is 328 g/mol. The molecule has 3 heterocycles. The van der Waals surface area contributed by atoms with Crippen molar-refractivity contribution < 1.29 is 9.53 Å². The van der Waals surface area contributed by atoms with Crippen LogP contribution in [0.15, 0.2) is 42.6 Å². The van der Waals surface area contributed by atoms with Gasteiger partial charge in [0.2, 0.25) is 5.88 Å². The average molecular weight is 350 g/mol. The Kier molecular flexibility index (Phi) is 4.34. The highest BCUT2D eigenvalue weighted by Gasteiger charge is 2.21. The largest absolute Gasteiger partial charge is 0.439 e. The number of hydrogen-bond donors (Lipinski definition) is 1. The lowest BCUT2D eigenvalue weighted by Gasteiger charge is -2.27. The molecule has 1 aliphatic heterocycles. The Bertz CT molecular complexity index is 958. The summed E-state index contributed by atoms with van der Waals surface area (Å²) in [6.07, 6.45) is 1.73. The summed E-state index contributed by atoms with van der Waals surface area (Å²) in [4.78, 5) is 19.0. The summed E-state index contributed by atoms with van der Waals surface area (Å²) in [7, 11) is 1.93. The van der Waals surface area contributed by atoms with Crippen molar-refractivity contribution in [3.8, 4) is 11.6 Å². The number of aromatic nitrogens is 2. The lowest BCUT2D eigenvalue weighted by atomic mass is 10.2. The molecule has 0 spiro atoms. The second-order valence-electron chi connectivity index (χ2n) is 6.62. The van der Waals surface area contributed by atoms with E-state index in [0.717, 1.165) is 42.6 Å². The first-order chi connectivity index (χ1) is 12.6. The maximum absolute atomic E-state index is 12.8. The molecule has 4 rings (SSSR count). The second-order valence-corrected chi connectivity index (χ2v) is 6.62. The number of carbonyl (C=O) groups is 1. The van der Waals surface area contributed by atoms with E-state index in [1.54, 1.807) is 6.20 Å². The van der Waals surface area contributed by atoms with E-state index >= 15 is 0 Å². The predicted molar refractivity (Wildman–Crippen MR) is 101 cm³/mol. The van der Waals surface area contributed by atoms with Gasteiger partial charge in [0, 0.05) is 56.4 Å². The molecule has 1 aromatic carbocycles. The number of amides is 1. The number of fused-ring (bicyclic) bond motifs is 1. The van der Waals surface area contributed by atoms with Crippen LogP contribution in [0.4, 0.5) is 0 Å². The fourth-order valence-electron chi connectivity index (χ4n) is 3.31. The molecule has 1 amide bonds. The highest BCUT2D eigenvalue weighted by Crippen LogP contribution is 2.27. The minimum absolute atomic E-state index is 0.0769. The van der Waals surface area contributed by atoms with E-state index in [-0.39, 0.29) is 5.91 Å². The van der Waals surface area contributed by atoms with E-state index in [4.69, 9.17) is 4.74 Å². The molecule has 3 aromatic rings. The molecule has 6 nitrogen and oxygen atoms in total. The van der Waals surface area contributed by atoms with Gasteiger partial charge in [0.15, 0.2) is 0 Å². The molecule has 2 aromatic heterocycles. The predicted octanol–water partition coefficient (Wildman–Crippen LogP) is 2.72. The molecule has 0 bridgehead atoms. The van der Waals surface area contributed by atoms with Crippen molar-refractivity contribution in [2.75, 3.05) is 26.2 Å². The standard InChI is InChI=1S/C20H22N4O2/c1-14-5-6-22-19(11-14)26-16-3-4-17-15(12-16)13-18(23(17)2)20(25)24-9-7-21-8-10-24/h3-6,11-13,21H,7-10H2,1-2H3. The Morgan fingerprint density at radius 1 is 1.15 bits per heavy atom. The first kappa shape index (κ1) is 16.6. The van der Waals surface area contributed by atoms with Crippen molar-refractivity contribution in [2.24, 2.45) is 7.05 Å². The topological polar surface area (TPSA) is 59.4 Å². The maximum atomic E-state index is 12.8. The van der Waals surface area contributed by atoms with Gasteiger partial charge in [-0.05, 0) is 42.8 Å². The third kappa shape index (κ3) is 3.15. The van der Waals surface area contributed by atoms with Gasteiger partial charge in [0.1, 0.15) is 11.4 Å². The van der Waals surface area contributed by atoms with Crippen LogP contribution < -0.4 is 10.1 Å². The van der Waals surface area contributed by atoms with E-state index < -0.39 is 0 Å². The number of piperazine rings is 1. The van der Waals surface area contributed by atoms with Crippen LogP contribution >= 0.6 is 0 Å². The molecule has 0 aliphatic carbocycles. The maximum Gasteiger partial charge on any atom is 0.270 e. The fourth-order valence-corrected chi connectivity index (χ4v) is 3.31. The lowest BCUT2D eigenvalue weighted by Crippen LogP contribution is -2.46. The van der Waals surface area contributed by atoms with Crippen LogP contribution in [-0.2, 0) is 7.05 Å². The quantitative estimate of drug-likeness (QED) is 0.789. The van der Waals surface area contributed by atoms with E-state index in [1.807, 2.05) is 59.8 Å². The fraction of sp³-hybridized carbons (Fsp3) is 0.300. The number of nitrogens with one attached hydrogen (secondary N) is 1. The number of nitrogens with zero attached hydrogens (tertiary/aromatic N) is 3. The SMILES string of the molecule is Cc1ccnc(Oc2ccc3c(c2)cc(C(=O)N2CCNCC2)n3C)c1. The van der Waals surface area contributed by atoms with Gasteiger partial charge in [-0.25, -0.2) is 4.98 Å². The Balaban J connectivity index is 1.63. The highest BCUT2D eigenvalue weighted by molar-refractivity contribution is 5.99. The molecule has 0 atom stereocenters. The van der Waals surface area contributed by atoms with E-state index in [0.29, 0.717) is 17.3 Å². The zero-order chi connectivity index (χ0) is 18.1. The molecule has 26 heavy (non-hydrogen) atoms. The third-order valence-corrected chi connectivity index (χ3v) is 4.75. The lowest BCUT2D eigenvalue weighted by molar-refractivity contribution is 0.0726. The van der Waals surface area contributed by atoms with Crippen LogP contribution in [0.2, 0.25) is 0 Å². The first-order valence-electron chi connectivity index (χ1n) is 8.82. The van der Waals surface area contributed by atoms with Crippen LogP contribution in [0.5, 0.6) is 11.6 Å². The molecule has 1 fully saturated rings. The first-order valence-corrected chi connectivity index (χ1v) is 8.82. The van der Waals surface area contributed by atoms with Gasteiger partial charge < -0.3 is 19.5 Å². The minimum atomic E-state index is 0.0769. The number of ether oxygens (including phenoxy) is 1. The molecule has 1 saturated heterocycles. The summed E-state index contributed by atoms with van der Waals surface area (Å²) >= 11 is 0. The van der Waals surface area contributed by atoms with E-state index in [9.17, 15) is 4.79 Å². The molecule has 1 aliphatic rings. The van der Waals surface area contributed by atoms with Crippen molar-refractivity contribution >= 4 is 16.8 Å². The van der Waals surface area contributed by atoms with Crippen LogP contribution in [0.3, 0.4) is 0 Å². The van der Waals surface area contributed by atoms with Gasteiger partial charge in [0.05, 0.1) is 0 Å². The average Bonchev–Trinajstić information content (AvgIpc) is 2.98. The number of rotatable bonds is 3. The number of carbonyl (C=O) groups excluding carboxylic acids is 1. The second kappa shape index (κ2) is 6.80. The van der Waals surface area contributed by atoms with Gasteiger partial charge in [-0.1, -0.05) is 0 Å². The summed E-state index contributed by atoms with van der Waals surface area (Å²) < 4.78 is 7.82. The molecule has 134 valence electrons. The van der Waals surface area contributed by atoms with Crippen molar-refractivity contribution in [2.45, 2.75) is 6.92 Å². The number of benzene rings is 1. The zero-order valence-corrected chi connectivity index (χ0v) is 15.0. The van der Waals surface area contributed by atoms with Gasteiger partial charge in [-0.2, -0.15) is 0 Å². The Morgan fingerprint density at radius 2 is 1.96 bits per heavy atom. The summed E-state index contributed by atoms with van der Waals surface area (Å²) in [6, 6.07) is 11.6. The smallest absolute Gasteiger partial charge is 0.270 e. The molecule has 0 unspecified atom stereocenters.